The molecule has 0 unspecified atom stereocenters. The topological polar surface area (TPSA) is 64.6 Å². The first-order valence-electron chi connectivity index (χ1n) is 10.9. The van der Waals surface area contributed by atoms with Crippen molar-refractivity contribution in [1.82, 2.24) is 15.1 Å². The highest BCUT2D eigenvalue weighted by Gasteiger charge is 2.23. The zero-order valence-corrected chi connectivity index (χ0v) is 18.3. The molecule has 2 aliphatic rings. The van der Waals surface area contributed by atoms with E-state index in [0.29, 0.717) is 13.1 Å². The molecule has 1 aromatic carbocycles. The van der Waals surface area contributed by atoms with Crippen LogP contribution < -0.4 is 15.1 Å². The number of carbonyl (C=O) groups is 1. The first-order valence-corrected chi connectivity index (χ1v) is 10.9. The van der Waals surface area contributed by atoms with Crippen LogP contribution in [0.1, 0.15) is 39.2 Å². The first-order chi connectivity index (χ1) is 14.4. The number of hydrogen-bond acceptors (Lipinski definition) is 5. The van der Waals surface area contributed by atoms with Gasteiger partial charge in [-0.3, -0.25) is 0 Å². The summed E-state index contributed by atoms with van der Waals surface area (Å²) in [5.74, 6) is 1.85. The minimum absolute atomic E-state index is 0.0476. The van der Waals surface area contributed by atoms with Gasteiger partial charge in [0.25, 0.3) is 0 Å². The Morgan fingerprint density at radius 1 is 0.800 bits per heavy atom. The van der Waals surface area contributed by atoms with Crippen LogP contribution in [0.15, 0.2) is 36.4 Å². The second-order valence-corrected chi connectivity index (χ2v) is 9.18. The summed E-state index contributed by atoms with van der Waals surface area (Å²) in [6, 6.07) is 12.2. The number of piperazine rings is 1. The van der Waals surface area contributed by atoms with E-state index in [1.165, 1.54) is 18.4 Å². The van der Waals surface area contributed by atoms with E-state index in [4.69, 9.17) is 0 Å². The van der Waals surface area contributed by atoms with E-state index in [2.05, 4.69) is 64.3 Å². The van der Waals surface area contributed by atoms with E-state index in [1.807, 2.05) is 23.1 Å². The minimum atomic E-state index is -0.0476. The molecule has 30 heavy (non-hydrogen) atoms. The van der Waals surface area contributed by atoms with Gasteiger partial charge in [0.2, 0.25) is 0 Å². The highest BCUT2D eigenvalue weighted by Crippen LogP contribution is 2.24. The van der Waals surface area contributed by atoms with Crippen LogP contribution in [0.4, 0.5) is 22.1 Å². The Hall–Kier alpha value is -2.83. The molecule has 3 heterocycles. The van der Waals surface area contributed by atoms with Crippen molar-refractivity contribution < 1.29 is 4.79 Å². The van der Waals surface area contributed by atoms with Gasteiger partial charge in [0.1, 0.15) is 0 Å². The fourth-order valence-electron chi connectivity index (χ4n) is 4.00. The number of amides is 2. The van der Waals surface area contributed by atoms with Gasteiger partial charge in [-0.15, -0.1) is 10.2 Å². The van der Waals surface area contributed by atoms with Crippen molar-refractivity contribution in [3.63, 3.8) is 0 Å². The third kappa shape index (κ3) is 4.66. The molecule has 7 nitrogen and oxygen atoms in total. The van der Waals surface area contributed by atoms with Crippen LogP contribution in [-0.4, -0.2) is 60.4 Å². The molecule has 2 aliphatic heterocycles. The van der Waals surface area contributed by atoms with E-state index in [9.17, 15) is 4.79 Å². The Bertz CT molecular complexity index is 845. The number of aromatic nitrogens is 2. The summed E-state index contributed by atoms with van der Waals surface area (Å²) in [7, 11) is 0. The number of hydrogen-bond donors (Lipinski definition) is 1. The maximum absolute atomic E-state index is 12.6. The maximum Gasteiger partial charge on any atom is 0.321 e. The number of nitrogens with one attached hydrogen (secondary N) is 1. The van der Waals surface area contributed by atoms with Gasteiger partial charge >= 0.3 is 6.03 Å². The van der Waals surface area contributed by atoms with Gasteiger partial charge in [0, 0.05) is 45.0 Å². The van der Waals surface area contributed by atoms with Crippen LogP contribution in [0.5, 0.6) is 0 Å². The highest BCUT2D eigenvalue weighted by atomic mass is 16.2. The average Bonchev–Trinajstić information content (AvgIpc) is 3.29. The molecule has 0 bridgehead atoms. The maximum atomic E-state index is 12.6. The van der Waals surface area contributed by atoms with Crippen molar-refractivity contribution in [1.29, 1.82) is 0 Å². The molecular formula is C23H32N6O. The number of urea groups is 1. The van der Waals surface area contributed by atoms with Gasteiger partial charge in [-0.05, 0) is 48.1 Å². The van der Waals surface area contributed by atoms with Gasteiger partial charge in [-0.25, -0.2) is 4.79 Å². The van der Waals surface area contributed by atoms with Crippen molar-refractivity contribution in [2.24, 2.45) is 0 Å². The summed E-state index contributed by atoms with van der Waals surface area (Å²) in [5, 5.41) is 11.9. The van der Waals surface area contributed by atoms with Crippen LogP contribution in [0, 0.1) is 0 Å². The lowest BCUT2D eigenvalue weighted by atomic mass is 9.87. The summed E-state index contributed by atoms with van der Waals surface area (Å²) in [6.07, 6.45) is 2.46. The van der Waals surface area contributed by atoms with Crippen LogP contribution in [0.2, 0.25) is 0 Å². The fraction of sp³-hybridized carbons (Fsp3) is 0.522. The second kappa shape index (κ2) is 8.50. The van der Waals surface area contributed by atoms with E-state index in [1.54, 1.807) is 0 Å². The third-order valence-electron chi connectivity index (χ3n) is 5.96. The number of carbonyl (C=O) groups excluding carboxylic acids is 1. The van der Waals surface area contributed by atoms with Crippen molar-refractivity contribution in [3.05, 3.63) is 42.0 Å². The Morgan fingerprint density at radius 3 is 1.83 bits per heavy atom. The molecule has 2 saturated heterocycles. The summed E-state index contributed by atoms with van der Waals surface area (Å²) >= 11 is 0. The Labute approximate surface area is 179 Å². The molecule has 0 radical (unpaired) electrons. The van der Waals surface area contributed by atoms with Crippen molar-refractivity contribution in [2.45, 2.75) is 39.0 Å². The van der Waals surface area contributed by atoms with Crippen LogP contribution >= 0.6 is 0 Å². The zero-order chi connectivity index (χ0) is 21.1. The standard InChI is InChI=1S/C23H32N6O/c1-23(2,3)18-6-8-19(9-7-18)24-22(30)29-16-14-28(15-17-29)21-11-10-20(25-26-21)27-12-4-5-13-27/h6-11H,4-5,12-17H2,1-3H3,(H,24,30). The Morgan fingerprint density at radius 2 is 1.33 bits per heavy atom. The third-order valence-corrected chi connectivity index (χ3v) is 5.96. The smallest absolute Gasteiger partial charge is 0.321 e. The SMILES string of the molecule is CC(C)(C)c1ccc(NC(=O)N2CCN(c3ccc(N4CCCC4)nn3)CC2)cc1. The number of rotatable bonds is 3. The predicted octanol–water partition coefficient (Wildman–Crippen LogP) is 3.73. The summed E-state index contributed by atoms with van der Waals surface area (Å²) in [4.78, 5) is 19.0. The Balaban J connectivity index is 1.29. The van der Waals surface area contributed by atoms with E-state index in [-0.39, 0.29) is 11.4 Å². The summed E-state index contributed by atoms with van der Waals surface area (Å²) in [6.45, 7) is 11.5. The molecular weight excluding hydrogens is 376 g/mol. The van der Waals surface area contributed by atoms with Gasteiger partial charge in [0.05, 0.1) is 0 Å². The molecule has 0 saturated carbocycles. The molecule has 1 N–H and O–H groups in total. The predicted molar refractivity (Wildman–Crippen MR) is 121 cm³/mol. The van der Waals surface area contributed by atoms with Crippen molar-refractivity contribution in [2.75, 3.05) is 54.4 Å². The quantitative estimate of drug-likeness (QED) is 0.838. The Kier molecular flexibility index (Phi) is 5.79. The van der Waals surface area contributed by atoms with Gasteiger partial charge < -0.3 is 20.0 Å². The molecule has 2 aromatic rings. The lowest BCUT2D eigenvalue weighted by Gasteiger charge is -2.35. The zero-order valence-electron chi connectivity index (χ0n) is 18.3. The molecule has 7 heteroatoms. The van der Waals surface area contributed by atoms with Gasteiger partial charge in [-0.1, -0.05) is 32.9 Å². The minimum Gasteiger partial charge on any atom is -0.355 e. The van der Waals surface area contributed by atoms with E-state index >= 15 is 0 Å². The van der Waals surface area contributed by atoms with E-state index < -0.39 is 0 Å². The molecule has 4 rings (SSSR count). The largest absolute Gasteiger partial charge is 0.355 e. The summed E-state index contributed by atoms with van der Waals surface area (Å²) < 4.78 is 0. The van der Waals surface area contributed by atoms with Crippen molar-refractivity contribution in [3.8, 4) is 0 Å². The fourth-order valence-corrected chi connectivity index (χ4v) is 4.00. The summed E-state index contributed by atoms with van der Waals surface area (Å²) in [5.41, 5.74) is 2.19. The van der Waals surface area contributed by atoms with Crippen molar-refractivity contribution >= 4 is 23.4 Å². The highest BCUT2D eigenvalue weighted by molar-refractivity contribution is 5.89. The molecule has 2 amide bonds. The lowest BCUT2D eigenvalue weighted by Crippen LogP contribution is -2.50. The second-order valence-electron chi connectivity index (χ2n) is 9.18. The van der Waals surface area contributed by atoms with Crippen LogP contribution in [0.25, 0.3) is 0 Å². The molecule has 0 atom stereocenters. The molecule has 0 aliphatic carbocycles. The van der Waals surface area contributed by atoms with Crippen LogP contribution in [-0.2, 0) is 5.41 Å². The molecule has 2 fully saturated rings. The van der Waals surface area contributed by atoms with Gasteiger partial charge in [-0.2, -0.15) is 0 Å². The lowest BCUT2D eigenvalue weighted by molar-refractivity contribution is 0.208. The van der Waals surface area contributed by atoms with E-state index in [0.717, 1.165) is 43.5 Å². The normalized spacial score (nSPS) is 17.4. The molecule has 0 spiro atoms. The molecule has 160 valence electrons. The van der Waals surface area contributed by atoms with Gasteiger partial charge in [0.15, 0.2) is 11.6 Å². The first kappa shape index (κ1) is 20.4. The number of nitrogens with zero attached hydrogens (tertiary/aromatic N) is 5. The number of benzene rings is 1. The van der Waals surface area contributed by atoms with Crippen LogP contribution in [0.3, 0.4) is 0 Å². The monoisotopic (exact) mass is 408 g/mol. The number of anilines is 3. The molecule has 1 aromatic heterocycles. The average molecular weight is 409 g/mol.